The predicted molar refractivity (Wildman–Crippen MR) is 130 cm³/mol. The Morgan fingerprint density at radius 3 is 2.88 bits per heavy atom. The van der Waals surface area contributed by atoms with Crippen molar-refractivity contribution in [1.29, 1.82) is 0 Å². The number of hydrogen-bond donors (Lipinski definition) is 2. The van der Waals surface area contributed by atoms with E-state index in [4.69, 9.17) is 19.8 Å². The molecule has 12 heteroatoms. The number of hydrazone groups is 1. The van der Waals surface area contributed by atoms with Crippen LogP contribution in [0.3, 0.4) is 0 Å². The number of nitrogens with one attached hydrogen (secondary N) is 1. The third-order valence-electron chi connectivity index (χ3n) is 4.63. The van der Waals surface area contributed by atoms with Crippen molar-refractivity contribution in [3.63, 3.8) is 0 Å². The number of fused-ring (bicyclic) bond motifs is 1. The van der Waals surface area contributed by atoms with E-state index in [9.17, 15) is 4.79 Å². The number of halogens is 1. The van der Waals surface area contributed by atoms with Crippen molar-refractivity contribution in [2.24, 2.45) is 5.10 Å². The molecule has 0 spiro atoms. The summed E-state index contributed by atoms with van der Waals surface area (Å²) in [6, 6.07) is 11.0. The van der Waals surface area contributed by atoms with Crippen LogP contribution < -0.4 is 20.6 Å². The molecule has 0 atom stereocenters. The molecule has 170 valence electrons. The lowest BCUT2D eigenvalue weighted by Crippen LogP contribution is -2.23. The van der Waals surface area contributed by atoms with E-state index in [0.29, 0.717) is 29.4 Å². The highest BCUT2D eigenvalue weighted by Crippen LogP contribution is 2.33. The molecule has 2 heterocycles. The second-order valence-corrected chi connectivity index (χ2v) is 7.93. The lowest BCUT2D eigenvalue weighted by Gasteiger charge is -2.12. The monoisotopic (exact) mass is 561 g/mol. The van der Waals surface area contributed by atoms with Crippen molar-refractivity contribution in [2.45, 2.75) is 13.5 Å². The normalized spacial score (nSPS) is 11.2. The fourth-order valence-corrected chi connectivity index (χ4v) is 4.00. The zero-order chi connectivity index (χ0) is 23.4. The maximum Gasteiger partial charge on any atom is 0.260 e. The number of carbonyl (C=O) groups excluding carboxylic acids is 1. The lowest BCUT2D eigenvalue weighted by atomic mass is 10.2. The molecule has 1 amide bonds. The molecular weight excluding hydrogens is 541 g/mol. The Kier molecular flexibility index (Phi) is 6.72. The SMILES string of the molecule is CCOc1c(I)cc(C=NNC(=O)Cn2c(-c3nonc3N)nc3ccccc32)cc1OC. The topological polar surface area (TPSA) is 143 Å². The number of nitrogens with zero attached hydrogens (tertiary/aromatic N) is 5. The molecule has 4 rings (SSSR count). The van der Waals surface area contributed by atoms with Crippen molar-refractivity contribution in [2.75, 3.05) is 19.5 Å². The van der Waals surface area contributed by atoms with E-state index in [0.717, 1.165) is 14.7 Å². The van der Waals surface area contributed by atoms with Crippen molar-refractivity contribution < 1.29 is 18.9 Å². The van der Waals surface area contributed by atoms with Gasteiger partial charge in [0.15, 0.2) is 28.8 Å². The van der Waals surface area contributed by atoms with Crippen molar-refractivity contribution >= 4 is 51.6 Å². The number of anilines is 1. The fourth-order valence-electron chi connectivity index (χ4n) is 3.22. The molecule has 2 aromatic heterocycles. The highest BCUT2D eigenvalue weighted by atomic mass is 127. The largest absolute Gasteiger partial charge is 0.493 e. The molecule has 3 N–H and O–H groups in total. The first-order valence-corrected chi connectivity index (χ1v) is 11.0. The third-order valence-corrected chi connectivity index (χ3v) is 5.43. The number of amides is 1. The first-order chi connectivity index (χ1) is 16.0. The van der Waals surface area contributed by atoms with Gasteiger partial charge in [-0.25, -0.2) is 15.0 Å². The van der Waals surface area contributed by atoms with Gasteiger partial charge in [0, 0.05) is 0 Å². The molecule has 2 aromatic carbocycles. The van der Waals surface area contributed by atoms with Crippen molar-refractivity contribution in [3.05, 3.63) is 45.5 Å². The number of nitrogen functional groups attached to an aromatic ring is 1. The Morgan fingerprint density at radius 1 is 1.33 bits per heavy atom. The smallest absolute Gasteiger partial charge is 0.260 e. The van der Waals surface area contributed by atoms with Gasteiger partial charge in [0.05, 0.1) is 34.5 Å². The average molecular weight is 561 g/mol. The molecule has 0 radical (unpaired) electrons. The van der Waals surface area contributed by atoms with Crippen LogP contribution in [0.4, 0.5) is 5.82 Å². The Morgan fingerprint density at radius 2 is 2.15 bits per heavy atom. The maximum atomic E-state index is 12.7. The predicted octanol–water partition coefficient (Wildman–Crippen LogP) is 2.83. The molecule has 11 nitrogen and oxygen atoms in total. The van der Waals surface area contributed by atoms with Crippen LogP contribution in [-0.4, -0.2) is 45.7 Å². The van der Waals surface area contributed by atoms with Crippen LogP contribution in [0.1, 0.15) is 12.5 Å². The second-order valence-electron chi connectivity index (χ2n) is 6.77. The van der Waals surface area contributed by atoms with Gasteiger partial charge >= 0.3 is 0 Å². The third kappa shape index (κ3) is 4.74. The zero-order valence-electron chi connectivity index (χ0n) is 17.8. The number of hydrogen-bond acceptors (Lipinski definition) is 9. The van der Waals surface area contributed by atoms with Gasteiger partial charge in [-0.05, 0) is 69.7 Å². The molecule has 0 aliphatic heterocycles. The van der Waals surface area contributed by atoms with Crippen LogP contribution >= 0.6 is 22.6 Å². The molecule has 0 aliphatic carbocycles. The van der Waals surface area contributed by atoms with Gasteiger partial charge in [-0.3, -0.25) is 4.79 Å². The molecule has 0 aliphatic rings. The minimum Gasteiger partial charge on any atom is -0.493 e. The summed E-state index contributed by atoms with van der Waals surface area (Å²) in [5.41, 5.74) is 10.8. The van der Waals surface area contributed by atoms with Crippen molar-refractivity contribution in [1.82, 2.24) is 25.3 Å². The Labute approximate surface area is 202 Å². The first-order valence-electron chi connectivity index (χ1n) is 9.87. The van der Waals surface area contributed by atoms with E-state index in [1.54, 1.807) is 17.7 Å². The van der Waals surface area contributed by atoms with Crippen LogP contribution in [0.15, 0.2) is 46.1 Å². The summed E-state index contributed by atoms with van der Waals surface area (Å²) in [4.78, 5) is 17.2. The Bertz CT molecular complexity index is 1330. The van der Waals surface area contributed by atoms with E-state index in [-0.39, 0.29) is 24.0 Å². The van der Waals surface area contributed by atoms with Crippen LogP contribution in [0.5, 0.6) is 11.5 Å². The maximum absolute atomic E-state index is 12.7. The first kappa shape index (κ1) is 22.5. The second kappa shape index (κ2) is 9.85. The van der Waals surface area contributed by atoms with E-state index >= 15 is 0 Å². The minimum absolute atomic E-state index is 0.0659. The van der Waals surface area contributed by atoms with E-state index in [2.05, 4.69) is 48.4 Å². The number of aromatic nitrogens is 4. The zero-order valence-corrected chi connectivity index (χ0v) is 19.9. The number of ether oxygens (including phenoxy) is 2. The van der Waals surface area contributed by atoms with Crippen LogP contribution in [0.2, 0.25) is 0 Å². The number of carbonyl (C=O) groups is 1. The number of rotatable bonds is 8. The molecule has 33 heavy (non-hydrogen) atoms. The van der Waals surface area contributed by atoms with Gasteiger partial charge in [-0.1, -0.05) is 12.1 Å². The summed E-state index contributed by atoms with van der Waals surface area (Å²) in [6.45, 7) is 2.36. The standard InChI is InChI=1S/C21H20IN7O4/c1-3-32-19-13(22)8-12(9-16(19)31-2)10-24-26-17(30)11-29-15-7-5-4-6-14(15)25-21(29)18-20(23)28-33-27-18/h4-10H,3,11H2,1-2H3,(H2,23,28)(H,26,30). The van der Waals surface area contributed by atoms with Gasteiger partial charge < -0.3 is 19.8 Å². The van der Waals surface area contributed by atoms with Crippen LogP contribution in [0, 0.1) is 3.57 Å². The fraction of sp³-hybridized carbons (Fsp3) is 0.190. The molecule has 4 aromatic rings. The summed E-state index contributed by atoms with van der Waals surface area (Å²) in [5.74, 6) is 1.36. The van der Waals surface area contributed by atoms with Crippen LogP contribution in [-0.2, 0) is 11.3 Å². The summed E-state index contributed by atoms with van der Waals surface area (Å²) >= 11 is 2.16. The highest BCUT2D eigenvalue weighted by Gasteiger charge is 2.20. The quantitative estimate of drug-likeness (QED) is 0.190. The van der Waals surface area contributed by atoms with Gasteiger partial charge in [0.1, 0.15) is 6.54 Å². The number of para-hydroxylation sites is 2. The van der Waals surface area contributed by atoms with Gasteiger partial charge in [-0.15, -0.1) is 0 Å². The molecule has 0 saturated heterocycles. The highest BCUT2D eigenvalue weighted by molar-refractivity contribution is 14.1. The van der Waals surface area contributed by atoms with Crippen LogP contribution in [0.25, 0.3) is 22.6 Å². The average Bonchev–Trinajstić information content (AvgIpc) is 3.38. The van der Waals surface area contributed by atoms with Crippen molar-refractivity contribution in [3.8, 4) is 23.0 Å². The number of methoxy groups -OCH3 is 1. The summed E-state index contributed by atoms with van der Waals surface area (Å²) in [5, 5.41) is 11.5. The summed E-state index contributed by atoms with van der Waals surface area (Å²) < 4.78 is 18.3. The van der Waals surface area contributed by atoms with E-state index < -0.39 is 0 Å². The Hall–Kier alpha value is -3.68. The van der Waals surface area contributed by atoms with E-state index in [1.807, 2.05) is 37.3 Å². The number of benzene rings is 2. The van der Waals surface area contributed by atoms with Gasteiger partial charge in [-0.2, -0.15) is 5.10 Å². The molecule has 0 fully saturated rings. The van der Waals surface area contributed by atoms with Gasteiger partial charge in [0.25, 0.3) is 5.91 Å². The lowest BCUT2D eigenvalue weighted by molar-refractivity contribution is -0.121. The summed E-state index contributed by atoms with van der Waals surface area (Å²) in [6.07, 6.45) is 1.53. The molecular formula is C21H20IN7O4. The van der Waals surface area contributed by atoms with E-state index in [1.165, 1.54) is 6.21 Å². The minimum atomic E-state index is -0.363. The molecule has 0 saturated carbocycles. The summed E-state index contributed by atoms with van der Waals surface area (Å²) in [7, 11) is 1.57. The van der Waals surface area contributed by atoms with Gasteiger partial charge in [0.2, 0.25) is 0 Å². The molecule has 0 bridgehead atoms. The number of imidazole rings is 1. The Balaban J connectivity index is 1.54. The number of nitrogens with two attached hydrogens (primary N) is 1. The molecule has 0 unspecified atom stereocenters.